The van der Waals surface area contributed by atoms with Crippen LogP contribution in [-0.2, 0) is 9.53 Å². The number of halogens is 1. The van der Waals surface area contributed by atoms with Crippen LogP contribution in [0.15, 0.2) is 24.7 Å². The van der Waals surface area contributed by atoms with Gasteiger partial charge in [0.2, 0.25) is 5.91 Å². The standard InChI is InChI=1S/C20H25ClN6O2/c21-16-10-24-18(27-20(28)13-2-1-5-22-9-13)8-15(16)17-11-23-12-19(26-17)25-14-3-6-29-7-4-14/h8,10-14,22H,1-7,9H2,(H,25,26)(H,24,27,28)/t13-/m1/s1. The quantitative estimate of drug-likeness (QED) is 0.688. The second-order valence-electron chi connectivity index (χ2n) is 7.40. The predicted molar refractivity (Wildman–Crippen MR) is 112 cm³/mol. The Morgan fingerprint density at radius 3 is 2.83 bits per heavy atom. The highest BCUT2D eigenvalue weighted by Crippen LogP contribution is 2.29. The molecular formula is C20H25ClN6O2. The number of nitrogens with one attached hydrogen (secondary N) is 3. The van der Waals surface area contributed by atoms with Crippen LogP contribution in [0.1, 0.15) is 25.7 Å². The van der Waals surface area contributed by atoms with Crippen molar-refractivity contribution in [2.45, 2.75) is 31.7 Å². The van der Waals surface area contributed by atoms with Crippen molar-refractivity contribution < 1.29 is 9.53 Å². The average molecular weight is 417 g/mol. The van der Waals surface area contributed by atoms with Crippen LogP contribution in [0.5, 0.6) is 0 Å². The van der Waals surface area contributed by atoms with Crippen LogP contribution in [0.3, 0.4) is 0 Å². The molecule has 0 saturated carbocycles. The summed E-state index contributed by atoms with van der Waals surface area (Å²) in [6, 6.07) is 2.07. The lowest BCUT2D eigenvalue weighted by atomic mass is 9.99. The van der Waals surface area contributed by atoms with Crippen LogP contribution >= 0.6 is 11.6 Å². The maximum Gasteiger partial charge on any atom is 0.229 e. The third kappa shape index (κ3) is 5.20. The number of amides is 1. The first-order valence-corrected chi connectivity index (χ1v) is 10.4. The van der Waals surface area contributed by atoms with E-state index in [1.807, 2.05) is 0 Å². The lowest BCUT2D eigenvalue weighted by Gasteiger charge is -2.23. The largest absolute Gasteiger partial charge is 0.381 e. The summed E-state index contributed by atoms with van der Waals surface area (Å²) in [7, 11) is 0. The second kappa shape index (κ2) is 9.47. The number of aromatic nitrogens is 3. The van der Waals surface area contributed by atoms with E-state index in [1.165, 1.54) is 6.20 Å². The molecule has 0 spiro atoms. The molecule has 154 valence electrons. The Morgan fingerprint density at radius 1 is 1.17 bits per heavy atom. The zero-order chi connectivity index (χ0) is 20.1. The van der Waals surface area contributed by atoms with Gasteiger partial charge in [0.05, 0.1) is 29.0 Å². The first kappa shape index (κ1) is 20.0. The number of carbonyl (C=O) groups is 1. The van der Waals surface area contributed by atoms with E-state index in [9.17, 15) is 4.79 Å². The van der Waals surface area contributed by atoms with Crippen LogP contribution in [0.25, 0.3) is 11.3 Å². The summed E-state index contributed by atoms with van der Waals surface area (Å²) >= 11 is 6.37. The molecule has 3 N–H and O–H groups in total. The highest BCUT2D eigenvalue weighted by atomic mass is 35.5. The Labute approximate surface area is 174 Å². The minimum atomic E-state index is -0.0449. The van der Waals surface area contributed by atoms with Crippen molar-refractivity contribution in [2.75, 3.05) is 36.9 Å². The van der Waals surface area contributed by atoms with Gasteiger partial charge in [0.15, 0.2) is 0 Å². The zero-order valence-corrected chi connectivity index (χ0v) is 16.9. The van der Waals surface area contributed by atoms with Gasteiger partial charge in [-0.25, -0.2) is 9.97 Å². The molecule has 2 aromatic heterocycles. The summed E-state index contributed by atoms with van der Waals surface area (Å²) in [5.41, 5.74) is 1.31. The molecule has 2 fully saturated rings. The van der Waals surface area contributed by atoms with E-state index in [4.69, 9.17) is 16.3 Å². The number of hydrogen-bond donors (Lipinski definition) is 3. The first-order chi connectivity index (χ1) is 14.2. The number of pyridine rings is 1. The van der Waals surface area contributed by atoms with E-state index in [0.717, 1.165) is 45.4 Å². The molecule has 2 aromatic rings. The minimum absolute atomic E-state index is 0.0287. The van der Waals surface area contributed by atoms with E-state index in [1.54, 1.807) is 18.5 Å². The van der Waals surface area contributed by atoms with Gasteiger partial charge in [-0.1, -0.05) is 11.6 Å². The molecule has 0 radical (unpaired) electrons. The molecule has 4 rings (SSSR count). The molecule has 1 amide bonds. The van der Waals surface area contributed by atoms with Gasteiger partial charge in [0, 0.05) is 37.6 Å². The van der Waals surface area contributed by atoms with Gasteiger partial charge >= 0.3 is 0 Å². The van der Waals surface area contributed by atoms with Crippen LogP contribution in [-0.4, -0.2) is 53.2 Å². The minimum Gasteiger partial charge on any atom is -0.381 e. The molecule has 9 heteroatoms. The maximum atomic E-state index is 12.5. The molecule has 29 heavy (non-hydrogen) atoms. The van der Waals surface area contributed by atoms with Gasteiger partial charge in [0.25, 0.3) is 0 Å². The van der Waals surface area contributed by atoms with E-state index in [0.29, 0.717) is 40.5 Å². The summed E-state index contributed by atoms with van der Waals surface area (Å²) in [5.74, 6) is 1.08. The lowest BCUT2D eigenvalue weighted by Crippen LogP contribution is -2.37. The molecular weight excluding hydrogens is 392 g/mol. The number of ether oxygens (including phenoxy) is 1. The number of rotatable bonds is 5. The van der Waals surface area contributed by atoms with Crippen molar-refractivity contribution in [3.63, 3.8) is 0 Å². The van der Waals surface area contributed by atoms with Gasteiger partial charge in [-0.3, -0.25) is 9.78 Å². The van der Waals surface area contributed by atoms with Gasteiger partial charge in [-0.15, -0.1) is 0 Å². The topological polar surface area (TPSA) is 101 Å². The predicted octanol–water partition coefficient (Wildman–Crippen LogP) is 2.72. The van der Waals surface area contributed by atoms with Crippen molar-refractivity contribution >= 4 is 29.1 Å². The van der Waals surface area contributed by atoms with Crippen LogP contribution in [0.2, 0.25) is 5.02 Å². The smallest absolute Gasteiger partial charge is 0.229 e. The first-order valence-electron chi connectivity index (χ1n) is 10.0. The summed E-state index contributed by atoms with van der Waals surface area (Å²) < 4.78 is 5.40. The normalized spacial score (nSPS) is 20.2. The van der Waals surface area contributed by atoms with Crippen molar-refractivity contribution in [1.82, 2.24) is 20.3 Å². The summed E-state index contributed by atoms with van der Waals surface area (Å²) in [4.78, 5) is 25.7. The molecule has 0 aliphatic carbocycles. The molecule has 1 atom stereocenters. The van der Waals surface area contributed by atoms with Crippen LogP contribution < -0.4 is 16.0 Å². The monoisotopic (exact) mass is 416 g/mol. The van der Waals surface area contributed by atoms with E-state index in [-0.39, 0.29) is 11.8 Å². The molecule has 2 aliphatic rings. The fourth-order valence-corrected chi connectivity index (χ4v) is 3.82. The van der Waals surface area contributed by atoms with Crippen molar-refractivity contribution in [3.8, 4) is 11.3 Å². The summed E-state index contributed by atoms with van der Waals surface area (Å²) in [5, 5.41) is 10.0. The second-order valence-corrected chi connectivity index (χ2v) is 7.81. The zero-order valence-electron chi connectivity index (χ0n) is 16.2. The molecule has 2 aliphatic heterocycles. The van der Waals surface area contributed by atoms with Gasteiger partial charge in [-0.2, -0.15) is 0 Å². The van der Waals surface area contributed by atoms with Crippen molar-refractivity contribution in [1.29, 1.82) is 0 Å². The maximum absolute atomic E-state index is 12.5. The molecule has 0 aromatic carbocycles. The van der Waals surface area contributed by atoms with Crippen LogP contribution in [0.4, 0.5) is 11.6 Å². The van der Waals surface area contributed by atoms with Gasteiger partial charge in [0.1, 0.15) is 11.6 Å². The fourth-order valence-electron chi connectivity index (χ4n) is 3.62. The Balaban J connectivity index is 1.49. The third-order valence-corrected chi connectivity index (χ3v) is 5.56. The van der Waals surface area contributed by atoms with E-state index in [2.05, 4.69) is 30.9 Å². The third-order valence-electron chi connectivity index (χ3n) is 5.26. The van der Waals surface area contributed by atoms with E-state index >= 15 is 0 Å². The molecule has 8 nitrogen and oxygen atoms in total. The summed E-state index contributed by atoms with van der Waals surface area (Å²) in [6.07, 6.45) is 8.65. The fraction of sp³-hybridized carbons (Fsp3) is 0.500. The van der Waals surface area contributed by atoms with Gasteiger partial charge < -0.3 is 20.7 Å². The van der Waals surface area contributed by atoms with Crippen molar-refractivity contribution in [3.05, 3.63) is 29.7 Å². The number of carbonyl (C=O) groups excluding carboxylic acids is 1. The van der Waals surface area contributed by atoms with Crippen molar-refractivity contribution in [2.24, 2.45) is 5.92 Å². The van der Waals surface area contributed by atoms with Crippen LogP contribution in [0, 0.1) is 5.92 Å². The van der Waals surface area contributed by atoms with Gasteiger partial charge in [-0.05, 0) is 38.3 Å². The molecule has 2 saturated heterocycles. The Morgan fingerprint density at radius 2 is 2.03 bits per heavy atom. The molecule has 0 bridgehead atoms. The summed E-state index contributed by atoms with van der Waals surface area (Å²) in [6.45, 7) is 3.16. The number of piperidine rings is 1. The van der Waals surface area contributed by atoms with E-state index < -0.39 is 0 Å². The number of nitrogens with zero attached hydrogens (tertiary/aromatic N) is 3. The Bertz CT molecular complexity index is 853. The Hall–Kier alpha value is -2.29. The average Bonchev–Trinajstić information content (AvgIpc) is 2.76. The SMILES string of the molecule is O=C(Nc1cc(-c2cncc(NC3CCOCC3)n2)c(Cl)cn1)[C@@H]1CCCNC1. The highest BCUT2D eigenvalue weighted by Gasteiger charge is 2.22. The Kier molecular flexibility index (Phi) is 6.53. The number of anilines is 2. The molecule has 0 unspecified atom stereocenters. The lowest BCUT2D eigenvalue weighted by molar-refractivity contribution is -0.120. The highest BCUT2D eigenvalue weighted by molar-refractivity contribution is 6.33. The molecule has 4 heterocycles. The number of hydrogen-bond acceptors (Lipinski definition) is 7.